The molecule has 2 rings (SSSR count). The zero-order valence-electron chi connectivity index (χ0n) is 11.7. The lowest BCUT2D eigenvalue weighted by atomic mass is 10.2. The molecule has 0 atom stereocenters. The Bertz CT molecular complexity index is 621. The molecule has 6 nitrogen and oxygen atoms in total. The average molecular weight is 277 g/mol. The summed E-state index contributed by atoms with van der Waals surface area (Å²) >= 11 is 0. The van der Waals surface area contributed by atoms with Crippen LogP contribution in [-0.4, -0.2) is 45.3 Å². The van der Waals surface area contributed by atoms with E-state index in [0.29, 0.717) is 24.3 Å². The van der Waals surface area contributed by atoms with Gasteiger partial charge >= 0.3 is 5.97 Å². The molecule has 0 spiro atoms. The van der Waals surface area contributed by atoms with Crippen molar-refractivity contribution in [2.45, 2.75) is 20.3 Å². The molecule has 0 fully saturated rings. The second kappa shape index (κ2) is 5.92. The number of hydrogen-bond acceptors (Lipinski definition) is 4. The molecule has 20 heavy (non-hydrogen) atoms. The Hall–Kier alpha value is -2.08. The fraction of sp³-hybridized carbons (Fsp3) is 0.429. The van der Waals surface area contributed by atoms with Gasteiger partial charge in [0.2, 0.25) is 0 Å². The number of likely N-dealkylation sites (N-methyl/N-ethyl adjacent to an activating group) is 1. The van der Waals surface area contributed by atoms with Gasteiger partial charge in [0.25, 0.3) is 0 Å². The smallest absolute Gasteiger partial charge is 0.354 e. The highest BCUT2D eigenvalue weighted by Crippen LogP contribution is 2.19. The molecule has 2 N–H and O–H groups in total. The van der Waals surface area contributed by atoms with Gasteiger partial charge < -0.3 is 15.1 Å². The SMILES string of the molecule is CCc1nc2ccc(N(CC)CCO)cn2c1C(=O)O. The van der Waals surface area contributed by atoms with Crippen LogP contribution in [-0.2, 0) is 6.42 Å². The van der Waals surface area contributed by atoms with Crippen LogP contribution in [0.5, 0.6) is 0 Å². The summed E-state index contributed by atoms with van der Waals surface area (Å²) in [5, 5.41) is 18.4. The number of carboxylic acids is 1. The van der Waals surface area contributed by atoms with Gasteiger partial charge in [-0.15, -0.1) is 0 Å². The standard InChI is InChI=1S/C14H19N3O3/c1-3-11-13(14(19)20)17-9-10(5-6-12(17)15-11)16(4-2)7-8-18/h5-6,9,18H,3-4,7-8H2,1-2H3,(H,19,20). The van der Waals surface area contributed by atoms with Crippen LogP contribution in [0.15, 0.2) is 18.3 Å². The lowest BCUT2D eigenvalue weighted by molar-refractivity contribution is 0.0688. The molecule has 2 aromatic heterocycles. The minimum Gasteiger partial charge on any atom is -0.477 e. The maximum absolute atomic E-state index is 11.4. The van der Waals surface area contributed by atoms with E-state index in [4.69, 9.17) is 5.11 Å². The molecule has 0 aromatic carbocycles. The average Bonchev–Trinajstić information content (AvgIpc) is 2.82. The second-order valence-electron chi connectivity index (χ2n) is 4.48. The van der Waals surface area contributed by atoms with Crippen LogP contribution in [0.2, 0.25) is 0 Å². The monoisotopic (exact) mass is 277 g/mol. The number of imidazole rings is 1. The van der Waals surface area contributed by atoms with Crippen molar-refractivity contribution < 1.29 is 15.0 Å². The van der Waals surface area contributed by atoms with Gasteiger partial charge in [-0.25, -0.2) is 9.78 Å². The van der Waals surface area contributed by atoms with E-state index in [2.05, 4.69) is 4.98 Å². The normalized spacial score (nSPS) is 10.9. The molecule has 0 unspecified atom stereocenters. The topological polar surface area (TPSA) is 78.1 Å². The Morgan fingerprint density at radius 2 is 2.15 bits per heavy atom. The molecule has 6 heteroatoms. The zero-order valence-corrected chi connectivity index (χ0v) is 11.7. The number of aromatic carboxylic acids is 1. The van der Waals surface area contributed by atoms with Crippen molar-refractivity contribution in [1.82, 2.24) is 9.38 Å². The van der Waals surface area contributed by atoms with Gasteiger partial charge in [-0.1, -0.05) is 6.92 Å². The van der Waals surface area contributed by atoms with Crippen molar-refractivity contribution in [2.75, 3.05) is 24.6 Å². The first-order valence-corrected chi connectivity index (χ1v) is 6.72. The van der Waals surface area contributed by atoms with Gasteiger partial charge in [-0.05, 0) is 25.5 Å². The van der Waals surface area contributed by atoms with Gasteiger partial charge in [0.1, 0.15) is 5.65 Å². The van der Waals surface area contributed by atoms with Gasteiger partial charge in [-0.2, -0.15) is 0 Å². The quantitative estimate of drug-likeness (QED) is 0.834. The molecular formula is C14H19N3O3. The first-order valence-electron chi connectivity index (χ1n) is 6.72. The van der Waals surface area contributed by atoms with E-state index in [9.17, 15) is 9.90 Å². The number of pyridine rings is 1. The van der Waals surface area contributed by atoms with Crippen LogP contribution in [0.3, 0.4) is 0 Å². The van der Waals surface area contributed by atoms with Crippen LogP contribution in [0.25, 0.3) is 5.65 Å². The van der Waals surface area contributed by atoms with E-state index in [1.165, 1.54) is 0 Å². The van der Waals surface area contributed by atoms with E-state index in [1.54, 1.807) is 16.7 Å². The number of rotatable bonds is 6. The first-order chi connectivity index (χ1) is 9.62. The lowest BCUT2D eigenvalue weighted by Crippen LogP contribution is -2.26. The van der Waals surface area contributed by atoms with Crippen LogP contribution >= 0.6 is 0 Å². The Morgan fingerprint density at radius 1 is 1.40 bits per heavy atom. The van der Waals surface area contributed by atoms with Gasteiger partial charge in [-0.3, -0.25) is 4.40 Å². The van der Waals surface area contributed by atoms with Crippen molar-refractivity contribution in [3.05, 3.63) is 29.7 Å². The van der Waals surface area contributed by atoms with Crippen molar-refractivity contribution in [3.63, 3.8) is 0 Å². The minimum absolute atomic E-state index is 0.0573. The molecule has 0 amide bonds. The van der Waals surface area contributed by atoms with Crippen molar-refractivity contribution in [3.8, 4) is 0 Å². The third kappa shape index (κ3) is 2.46. The summed E-state index contributed by atoms with van der Waals surface area (Å²) in [6.07, 6.45) is 2.34. The molecule has 0 aliphatic carbocycles. The molecule has 0 saturated heterocycles. The highest BCUT2D eigenvalue weighted by Gasteiger charge is 2.18. The number of aliphatic hydroxyl groups excluding tert-OH is 1. The van der Waals surface area contributed by atoms with Gasteiger partial charge in [0.05, 0.1) is 18.0 Å². The van der Waals surface area contributed by atoms with E-state index in [0.717, 1.165) is 12.2 Å². The number of carbonyl (C=O) groups is 1. The number of nitrogens with zero attached hydrogens (tertiary/aromatic N) is 3. The molecule has 2 aromatic rings. The van der Waals surface area contributed by atoms with Crippen LogP contribution < -0.4 is 4.90 Å². The summed E-state index contributed by atoms with van der Waals surface area (Å²) in [7, 11) is 0. The van der Waals surface area contributed by atoms with Crippen molar-refractivity contribution in [2.24, 2.45) is 0 Å². The molecule has 0 aliphatic heterocycles. The molecule has 2 heterocycles. The molecule has 108 valence electrons. The van der Waals surface area contributed by atoms with E-state index in [1.807, 2.05) is 24.8 Å². The summed E-state index contributed by atoms with van der Waals surface area (Å²) in [6.45, 7) is 5.19. The Labute approximate surface area is 117 Å². The third-order valence-corrected chi connectivity index (χ3v) is 3.33. The van der Waals surface area contributed by atoms with E-state index >= 15 is 0 Å². The third-order valence-electron chi connectivity index (χ3n) is 3.33. The van der Waals surface area contributed by atoms with E-state index in [-0.39, 0.29) is 12.3 Å². The molecule has 0 saturated carbocycles. The van der Waals surface area contributed by atoms with Crippen LogP contribution in [0, 0.1) is 0 Å². The van der Waals surface area contributed by atoms with Crippen molar-refractivity contribution in [1.29, 1.82) is 0 Å². The fourth-order valence-corrected chi connectivity index (χ4v) is 2.33. The maximum atomic E-state index is 11.4. The summed E-state index contributed by atoms with van der Waals surface area (Å²) < 4.78 is 1.61. The predicted molar refractivity (Wildman–Crippen MR) is 76.5 cm³/mol. The molecule has 0 bridgehead atoms. The molecule has 0 aliphatic rings. The summed E-state index contributed by atoms with van der Waals surface area (Å²) in [6, 6.07) is 3.70. The number of aliphatic hydroxyl groups is 1. The number of fused-ring (bicyclic) bond motifs is 1. The highest BCUT2D eigenvalue weighted by atomic mass is 16.4. The van der Waals surface area contributed by atoms with Gasteiger partial charge in [0, 0.05) is 19.3 Å². The van der Waals surface area contributed by atoms with Gasteiger partial charge in [0.15, 0.2) is 5.69 Å². The summed E-state index contributed by atoms with van der Waals surface area (Å²) in [5.74, 6) is -0.975. The molecular weight excluding hydrogens is 258 g/mol. The zero-order chi connectivity index (χ0) is 14.7. The largest absolute Gasteiger partial charge is 0.477 e. The lowest BCUT2D eigenvalue weighted by Gasteiger charge is -2.22. The predicted octanol–water partition coefficient (Wildman–Crippen LogP) is 1.41. The number of aromatic nitrogens is 2. The maximum Gasteiger partial charge on any atom is 0.354 e. The first kappa shape index (κ1) is 14.3. The van der Waals surface area contributed by atoms with Crippen molar-refractivity contribution >= 4 is 17.3 Å². The minimum atomic E-state index is -0.975. The van der Waals surface area contributed by atoms with Crippen LogP contribution in [0.4, 0.5) is 5.69 Å². The van der Waals surface area contributed by atoms with E-state index < -0.39 is 5.97 Å². The Balaban J connectivity index is 2.57. The summed E-state index contributed by atoms with van der Waals surface area (Å²) in [4.78, 5) is 17.7. The number of carboxylic acid groups (broad SMARTS) is 1. The summed E-state index contributed by atoms with van der Waals surface area (Å²) in [5.41, 5.74) is 2.30. The highest BCUT2D eigenvalue weighted by molar-refractivity contribution is 5.88. The molecule has 0 radical (unpaired) electrons. The second-order valence-corrected chi connectivity index (χ2v) is 4.48. The Kier molecular flexibility index (Phi) is 4.24. The number of aryl methyl sites for hydroxylation is 1. The number of hydrogen-bond donors (Lipinski definition) is 2. The Morgan fingerprint density at radius 3 is 2.70 bits per heavy atom. The number of anilines is 1. The van der Waals surface area contributed by atoms with Crippen LogP contribution in [0.1, 0.15) is 30.0 Å². The fourth-order valence-electron chi connectivity index (χ4n) is 2.33.